The summed E-state index contributed by atoms with van der Waals surface area (Å²) < 4.78 is 9.17. The number of carbonyl (C=O) groups excluding carboxylic acids is 3. The van der Waals surface area contributed by atoms with Crippen molar-refractivity contribution >= 4 is 34.3 Å². The molecule has 0 bridgehead atoms. The first-order chi connectivity index (χ1) is 10.5. The van der Waals surface area contributed by atoms with E-state index in [-0.39, 0.29) is 27.9 Å². The Hall–Kier alpha value is -2.75. The largest absolute Gasteiger partial charge is 0.469 e. The molecule has 9 nitrogen and oxygen atoms in total. The molecule has 0 atom stereocenters. The molecule has 116 valence electrons. The van der Waals surface area contributed by atoms with E-state index in [1.54, 1.807) is 0 Å². The standard InChI is InChI=1S/C12H12N4O5S/c1-20-7(17)5-6-8(11(19)21-2)22-12(15-6)16-10(18)9-13-3-4-14-9/h3-4H,5H2,1-2H3,(H,13,14)(H,15,16,18). The van der Waals surface area contributed by atoms with Crippen LogP contribution in [0.1, 0.15) is 26.0 Å². The monoisotopic (exact) mass is 324 g/mol. The summed E-state index contributed by atoms with van der Waals surface area (Å²) in [7, 11) is 2.44. The highest BCUT2D eigenvalue weighted by Crippen LogP contribution is 2.25. The maximum Gasteiger partial charge on any atom is 0.350 e. The third-order valence-electron chi connectivity index (χ3n) is 2.54. The molecule has 0 spiro atoms. The number of amides is 1. The van der Waals surface area contributed by atoms with Crippen molar-refractivity contribution in [3.05, 3.63) is 28.8 Å². The second kappa shape index (κ2) is 6.80. The number of ether oxygens (including phenoxy) is 2. The normalized spacial score (nSPS) is 10.1. The quantitative estimate of drug-likeness (QED) is 0.773. The summed E-state index contributed by atoms with van der Waals surface area (Å²) in [6, 6.07) is 0. The Labute approximate surface area is 128 Å². The zero-order chi connectivity index (χ0) is 16.1. The summed E-state index contributed by atoms with van der Waals surface area (Å²) in [6.07, 6.45) is 2.73. The van der Waals surface area contributed by atoms with Gasteiger partial charge in [0.05, 0.1) is 26.3 Å². The van der Waals surface area contributed by atoms with Crippen LogP contribution >= 0.6 is 11.3 Å². The molecule has 22 heavy (non-hydrogen) atoms. The average molecular weight is 324 g/mol. The lowest BCUT2D eigenvalue weighted by atomic mass is 10.3. The molecule has 2 aromatic rings. The van der Waals surface area contributed by atoms with E-state index < -0.39 is 17.8 Å². The fraction of sp³-hybridized carbons (Fsp3) is 0.250. The number of anilines is 1. The first-order valence-electron chi connectivity index (χ1n) is 6.00. The van der Waals surface area contributed by atoms with Gasteiger partial charge in [0.1, 0.15) is 4.88 Å². The van der Waals surface area contributed by atoms with E-state index in [2.05, 4.69) is 29.7 Å². The molecular weight excluding hydrogens is 312 g/mol. The summed E-state index contributed by atoms with van der Waals surface area (Å²) in [5.41, 5.74) is 0.179. The minimum atomic E-state index is -0.644. The number of carbonyl (C=O) groups is 3. The summed E-state index contributed by atoms with van der Waals surface area (Å²) in [4.78, 5) is 45.5. The molecule has 0 radical (unpaired) electrons. The second-order valence-electron chi connectivity index (χ2n) is 3.93. The van der Waals surface area contributed by atoms with Crippen molar-refractivity contribution in [2.75, 3.05) is 19.5 Å². The van der Waals surface area contributed by atoms with Gasteiger partial charge >= 0.3 is 11.9 Å². The molecule has 2 aromatic heterocycles. The lowest BCUT2D eigenvalue weighted by molar-refractivity contribution is -0.139. The number of aromatic nitrogens is 3. The molecule has 10 heteroatoms. The molecule has 0 saturated carbocycles. The molecule has 0 aliphatic rings. The topological polar surface area (TPSA) is 123 Å². The summed E-state index contributed by atoms with van der Waals surface area (Å²) >= 11 is 0.903. The number of nitrogens with one attached hydrogen (secondary N) is 2. The zero-order valence-electron chi connectivity index (χ0n) is 11.7. The smallest absolute Gasteiger partial charge is 0.350 e. The van der Waals surface area contributed by atoms with Crippen LogP contribution in [0, 0.1) is 0 Å². The fourth-order valence-electron chi connectivity index (χ4n) is 1.53. The first kappa shape index (κ1) is 15.6. The van der Waals surface area contributed by atoms with Crippen LogP contribution < -0.4 is 5.32 Å². The Kier molecular flexibility index (Phi) is 4.84. The molecule has 1 amide bonds. The molecule has 2 N–H and O–H groups in total. The van der Waals surface area contributed by atoms with Gasteiger partial charge in [0.15, 0.2) is 11.0 Å². The minimum Gasteiger partial charge on any atom is -0.469 e. The van der Waals surface area contributed by atoms with Crippen LogP contribution in [0.5, 0.6) is 0 Å². The Bertz CT molecular complexity index is 694. The molecule has 0 fully saturated rings. The first-order valence-corrected chi connectivity index (χ1v) is 6.82. The van der Waals surface area contributed by atoms with E-state index in [0.29, 0.717) is 0 Å². The third-order valence-corrected chi connectivity index (χ3v) is 3.53. The highest BCUT2D eigenvalue weighted by atomic mass is 32.1. The maximum absolute atomic E-state index is 11.9. The van der Waals surface area contributed by atoms with Gasteiger partial charge in [-0.3, -0.25) is 14.9 Å². The summed E-state index contributed by atoms with van der Waals surface area (Å²) in [5.74, 6) is -1.61. The van der Waals surface area contributed by atoms with E-state index in [0.717, 1.165) is 11.3 Å². The molecule has 0 aliphatic heterocycles. The Morgan fingerprint density at radius 1 is 1.32 bits per heavy atom. The van der Waals surface area contributed by atoms with Gasteiger partial charge in [0, 0.05) is 12.4 Å². The molecule has 0 saturated heterocycles. The van der Waals surface area contributed by atoms with Gasteiger partial charge in [-0.25, -0.2) is 14.8 Å². The van der Waals surface area contributed by atoms with Crippen LogP contribution in [0.4, 0.5) is 5.13 Å². The van der Waals surface area contributed by atoms with Crippen LogP contribution in [0.15, 0.2) is 12.4 Å². The number of H-pyrrole nitrogens is 1. The highest BCUT2D eigenvalue weighted by Gasteiger charge is 2.22. The molecule has 2 heterocycles. The van der Waals surface area contributed by atoms with Crippen molar-refractivity contribution in [1.82, 2.24) is 15.0 Å². The number of imidazole rings is 1. The number of nitrogens with zero attached hydrogens (tertiary/aromatic N) is 2. The summed E-state index contributed by atoms with van der Waals surface area (Å²) in [5, 5.41) is 2.64. The number of thiazole rings is 1. The van der Waals surface area contributed by atoms with E-state index in [1.165, 1.54) is 26.6 Å². The second-order valence-corrected chi connectivity index (χ2v) is 4.93. The van der Waals surface area contributed by atoms with Crippen molar-refractivity contribution in [3.8, 4) is 0 Å². The van der Waals surface area contributed by atoms with E-state index >= 15 is 0 Å². The van der Waals surface area contributed by atoms with E-state index in [4.69, 9.17) is 0 Å². The summed E-state index contributed by atoms with van der Waals surface area (Å²) in [6.45, 7) is 0. The predicted molar refractivity (Wildman–Crippen MR) is 75.7 cm³/mol. The number of methoxy groups -OCH3 is 2. The highest BCUT2D eigenvalue weighted by molar-refractivity contribution is 7.17. The fourth-order valence-corrected chi connectivity index (χ4v) is 2.43. The number of esters is 2. The number of hydrogen-bond acceptors (Lipinski definition) is 8. The van der Waals surface area contributed by atoms with Crippen molar-refractivity contribution < 1.29 is 23.9 Å². The zero-order valence-corrected chi connectivity index (χ0v) is 12.5. The minimum absolute atomic E-state index is 0.101. The number of rotatable bonds is 5. The van der Waals surface area contributed by atoms with Crippen LogP contribution in [0.25, 0.3) is 0 Å². The van der Waals surface area contributed by atoms with Gasteiger partial charge in [0.25, 0.3) is 5.91 Å². The van der Waals surface area contributed by atoms with Crippen molar-refractivity contribution in [3.63, 3.8) is 0 Å². The molecule has 0 aromatic carbocycles. The third kappa shape index (κ3) is 3.47. The van der Waals surface area contributed by atoms with Gasteiger partial charge in [-0.1, -0.05) is 11.3 Å². The molecule has 0 aliphatic carbocycles. The van der Waals surface area contributed by atoms with Crippen LogP contribution in [-0.2, 0) is 20.7 Å². The van der Waals surface area contributed by atoms with Crippen LogP contribution in [-0.4, -0.2) is 47.0 Å². The van der Waals surface area contributed by atoms with Gasteiger partial charge in [-0.2, -0.15) is 0 Å². The SMILES string of the molecule is COC(=O)Cc1nc(NC(=O)c2ncc[nH]2)sc1C(=O)OC. The Balaban J connectivity index is 2.23. The molecule has 2 rings (SSSR count). The lowest BCUT2D eigenvalue weighted by Crippen LogP contribution is -2.13. The number of aromatic amines is 1. The van der Waals surface area contributed by atoms with Crippen LogP contribution in [0.3, 0.4) is 0 Å². The molecular formula is C12H12N4O5S. The van der Waals surface area contributed by atoms with Gasteiger partial charge in [-0.05, 0) is 0 Å². The Morgan fingerprint density at radius 2 is 2.09 bits per heavy atom. The molecule has 0 unspecified atom stereocenters. The van der Waals surface area contributed by atoms with Crippen molar-refractivity contribution in [2.45, 2.75) is 6.42 Å². The average Bonchev–Trinajstić information content (AvgIpc) is 3.16. The van der Waals surface area contributed by atoms with E-state index in [1.807, 2.05) is 0 Å². The van der Waals surface area contributed by atoms with Crippen LogP contribution in [0.2, 0.25) is 0 Å². The lowest BCUT2D eigenvalue weighted by Gasteiger charge is -1.99. The van der Waals surface area contributed by atoms with Gasteiger partial charge < -0.3 is 14.5 Å². The van der Waals surface area contributed by atoms with Crippen molar-refractivity contribution in [2.24, 2.45) is 0 Å². The van der Waals surface area contributed by atoms with Crippen molar-refractivity contribution in [1.29, 1.82) is 0 Å². The maximum atomic E-state index is 11.9. The predicted octanol–water partition coefficient (Wildman–Crippen LogP) is 0.621. The Morgan fingerprint density at radius 3 is 2.68 bits per heavy atom. The number of hydrogen-bond donors (Lipinski definition) is 2. The van der Waals surface area contributed by atoms with Gasteiger partial charge in [0.2, 0.25) is 0 Å². The van der Waals surface area contributed by atoms with E-state index in [9.17, 15) is 14.4 Å². The van der Waals surface area contributed by atoms with Gasteiger partial charge in [-0.15, -0.1) is 0 Å².